The molecule has 1 aromatic heterocycles. The van der Waals surface area contributed by atoms with Gasteiger partial charge in [0.05, 0.1) is 19.1 Å². The average molecular weight is 366 g/mol. The van der Waals surface area contributed by atoms with E-state index in [1.807, 2.05) is 0 Å². The zero-order valence-corrected chi connectivity index (χ0v) is 16.0. The van der Waals surface area contributed by atoms with Crippen molar-refractivity contribution in [3.63, 3.8) is 0 Å². The number of anilines is 1. The number of thiophene rings is 1. The van der Waals surface area contributed by atoms with Crippen LogP contribution in [-0.2, 0) is 27.2 Å². The highest BCUT2D eigenvalue weighted by atomic mass is 32.1. The summed E-state index contributed by atoms with van der Waals surface area (Å²) in [6, 6.07) is 0. The van der Waals surface area contributed by atoms with E-state index in [0.717, 1.165) is 29.7 Å². The Labute approximate surface area is 152 Å². The third-order valence-corrected chi connectivity index (χ3v) is 5.94. The van der Waals surface area contributed by atoms with Crippen molar-refractivity contribution in [3.05, 3.63) is 16.0 Å². The Bertz CT molecular complexity index is 688. The Balaban J connectivity index is 2.20. The van der Waals surface area contributed by atoms with E-state index in [-0.39, 0.29) is 24.2 Å². The van der Waals surface area contributed by atoms with Crippen molar-refractivity contribution in [2.75, 3.05) is 12.4 Å². The van der Waals surface area contributed by atoms with Crippen molar-refractivity contribution in [2.24, 2.45) is 17.1 Å². The van der Waals surface area contributed by atoms with Gasteiger partial charge in [0.1, 0.15) is 5.00 Å². The highest BCUT2D eigenvalue weighted by molar-refractivity contribution is 7.17. The molecule has 1 aliphatic rings. The van der Waals surface area contributed by atoms with Gasteiger partial charge >= 0.3 is 5.97 Å². The van der Waals surface area contributed by atoms with Crippen LogP contribution in [0.15, 0.2) is 0 Å². The average Bonchev–Trinajstić information content (AvgIpc) is 2.88. The maximum absolute atomic E-state index is 12.1. The molecule has 0 saturated heterocycles. The number of hydrogen-bond donors (Lipinski definition) is 2. The number of esters is 1. The molecule has 0 fully saturated rings. The first kappa shape index (κ1) is 19.4. The molecule has 1 aliphatic carbocycles. The van der Waals surface area contributed by atoms with Crippen molar-refractivity contribution in [3.8, 4) is 0 Å². The van der Waals surface area contributed by atoms with Gasteiger partial charge in [0.25, 0.3) is 5.91 Å². The van der Waals surface area contributed by atoms with E-state index >= 15 is 0 Å². The minimum absolute atomic E-state index is 0.00538. The van der Waals surface area contributed by atoms with Crippen LogP contribution in [0.5, 0.6) is 0 Å². The summed E-state index contributed by atoms with van der Waals surface area (Å²) >= 11 is 1.43. The minimum Gasteiger partial charge on any atom is -0.469 e. The Hall–Kier alpha value is -1.89. The van der Waals surface area contributed by atoms with Crippen LogP contribution >= 0.6 is 11.3 Å². The molecule has 1 aromatic rings. The number of nitrogens with one attached hydrogen (secondary N) is 1. The van der Waals surface area contributed by atoms with Gasteiger partial charge in [-0.05, 0) is 36.2 Å². The van der Waals surface area contributed by atoms with Crippen LogP contribution in [0.25, 0.3) is 0 Å². The van der Waals surface area contributed by atoms with Gasteiger partial charge in [-0.1, -0.05) is 20.8 Å². The molecule has 3 N–H and O–H groups in total. The number of nitrogens with two attached hydrogens (primary N) is 1. The lowest BCUT2D eigenvalue weighted by molar-refractivity contribution is -0.141. The lowest BCUT2D eigenvalue weighted by Gasteiger charge is -2.33. The van der Waals surface area contributed by atoms with Crippen molar-refractivity contribution in [2.45, 2.75) is 52.9 Å². The van der Waals surface area contributed by atoms with E-state index in [1.165, 1.54) is 18.4 Å². The molecule has 138 valence electrons. The number of carbonyl (C=O) groups is 3. The van der Waals surface area contributed by atoms with Crippen molar-refractivity contribution in [1.29, 1.82) is 0 Å². The number of rotatable bonds is 5. The smallest absolute Gasteiger partial charge is 0.306 e. The number of primary amides is 1. The summed E-state index contributed by atoms with van der Waals surface area (Å²) in [4.78, 5) is 36.3. The maximum atomic E-state index is 12.1. The molecule has 7 heteroatoms. The fourth-order valence-electron chi connectivity index (χ4n) is 3.18. The fraction of sp³-hybridized carbons (Fsp3) is 0.611. The second-order valence-corrected chi connectivity index (χ2v) is 8.61. The van der Waals surface area contributed by atoms with Crippen LogP contribution in [0.1, 0.15) is 60.8 Å². The van der Waals surface area contributed by atoms with E-state index in [1.54, 1.807) is 0 Å². The number of methoxy groups -OCH3 is 1. The molecule has 2 rings (SSSR count). The largest absolute Gasteiger partial charge is 0.469 e. The van der Waals surface area contributed by atoms with E-state index in [2.05, 4.69) is 30.8 Å². The highest BCUT2D eigenvalue weighted by Crippen LogP contribution is 2.44. The Morgan fingerprint density at radius 2 is 1.96 bits per heavy atom. The summed E-state index contributed by atoms with van der Waals surface area (Å²) in [5.41, 5.74) is 7.16. The van der Waals surface area contributed by atoms with Gasteiger partial charge in [0, 0.05) is 11.3 Å². The molecule has 1 atom stereocenters. The number of ether oxygens (including phenoxy) is 1. The molecule has 1 heterocycles. The van der Waals surface area contributed by atoms with Gasteiger partial charge < -0.3 is 15.8 Å². The Morgan fingerprint density at radius 1 is 1.28 bits per heavy atom. The first-order valence-electron chi connectivity index (χ1n) is 8.44. The van der Waals surface area contributed by atoms with Gasteiger partial charge in [-0.15, -0.1) is 11.3 Å². The molecule has 0 aliphatic heterocycles. The van der Waals surface area contributed by atoms with Gasteiger partial charge in [-0.3, -0.25) is 14.4 Å². The maximum Gasteiger partial charge on any atom is 0.306 e. The zero-order valence-electron chi connectivity index (χ0n) is 15.2. The molecule has 25 heavy (non-hydrogen) atoms. The first-order chi connectivity index (χ1) is 11.6. The summed E-state index contributed by atoms with van der Waals surface area (Å²) in [6.07, 6.45) is 2.71. The minimum atomic E-state index is -0.519. The van der Waals surface area contributed by atoms with Gasteiger partial charge in [-0.2, -0.15) is 0 Å². The fourth-order valence-corrected chi connectivity index (χ4v) is 4.53. The predicted molar refractivity (Wildman–Crippen MR) is 97.7 cm³/mol. The second-order valence-electron chi connectivity index (χ2n) is 7.50. The lowest BCUT2D eigenvalue weighted by Crippen LogP contribution is -2.27. The molecule has 0 radical (unpaired) electrons. The monoisotopic (exact) mass is 366 g/mol. The van der Waals surface area contributed by atoms with Crippen molar-refractivity contribution < 1.29 is 19.1 Å². The number of fused-ring (bicyclic) bond motifs is 1. The summed E-state index contributed by atoms with van der Waals surface area (Å²) in [7, 11) is 1.28. The lowest BCUT2D eigenvalue weighted by atomic mass is 9.72. The SMILES string of the molecule is COC(=O)CCC(=O)Nc1sc2c(c1C(N)=O)CC[C@@H](C(C)(C)C)C2. The van der Waals surface area contributed by atoms with Gasteiger partial charge in [-0.25, -0.2) is 0 Å². The highest BCUT2D eigenvalue weighted by Gasteiger charge is 2.33. The van der Waals surface area contributed by atoms with Gasteiger partial charge in [0.15, 0.2) is 0 Å². The quantitative estimate of drug-likeness (QED) is 0.783. The molecule has 0 unspecified atom stereocenters. The van der Waals surface area contributed by atoms with E-state index in [9.17, 15) is 14.4 Å². The topological polar surface area (TPSA) is 98.5 Å². The summed E-state index contributed by atoms with van der Waals surface area (Å²) < 4.78 is 4.53. The van der Waals surface area contributed by atoms with Crippen LogP contribution in [0.4, 0.5) is 5.00 Å². The number of carbonyl (C=O) groups excluding carboxylic acids is 3. The zero-order chi connectivity index (χ0) is 18.8. The summed E-state index contributed by atoms with van der Waals surface area (Å²) in [5.74, 6) is -0.750. The second kappa shape index (κ2) is 7.56. The van der Waals surface area contributed by atoms with Crippen LogP contribution in [0, 0.1) is 11.3 Å². The predicted octanol–water partition coefficient (Wildman–Crippen LogP) is 2.89. The third kappa shape index (κ3) is 4.60. The Morgan fingerprint density at radius 3 is 2.52 bits per heavy atom. The number of hydrogen-bond acceptors (Lipinski definition) is 5. The third-order valence-electron chi connectivity index (χ3n) is 4.77. The van der Waals surface area contributed by atoms with Gasteiger partial charge in [0.2, 0.25) is 5.91 Å². The molecule has 0 aromatic carbocycles. The molecule has 6 nitrogen and oxygen atoms in total. The molecule has 0 bridgehead atoms. The molecular formula is C18H26N2O4S. The van der Waals surface area contributed by atoms with Crippen LogP contribution in [-0.4, -0.2) is 24.9 Å². The first-order valence-corrected chi connectivity index (χ1v) is 9.26. The molecule has 0 saturated carbocycles. The standard InChI is InChI=1S/C18H26N2O4S/c1-18(2,3)10-5-6-11-12(9-10)25-17(15(11)16(19)23)20-13(21)7-8-14(22)24-4/h10H,5-9H2,1-4H3,(H2,19,23)(H,20,21)/t10-/m1/s1. The summed E-state index contributed by atoms with van der Waals surface area (Å²) in [5, 5.41) is 3.25. The van der Waals surface area contributed by atoms with E-state index < -0.39 is 11.9 Å². The van der Waals surface area contributed by atoms with Crippen LogP contribution < -0.4 is 11.1 Å². The van der Waals surface area contributed by atoms with E-state index in [4.69, 9.17) is 5.73 Å². The van der Waals surface area contributed by atoms with E-state index in [0.29, 0.717) is 16.5 Å². The summed E-state index contributed by atoms with van der Waals surface area (Å²) in [6.45, 7) is 6.67. The van der Waals surface area contributed by atoms with Crippen LogP contribution in [0.3, 0.4) is 0 Å². The number of amides is 2. The molecular weight excluding hydrogens is 340 g/mol. The Kier molecular flexibility index (Phi) is 5.87. The molecule has 2 amide bonds. The molecule has 0 spiro atoms. The van der Waals surface area contributed by atoms with Crippen molar-refractivity contribution >= 4 is 34.1 Å². The van der Waals surface area contributed by atoms with Crippen LogP contribution in [0.2, 0.25) is 0 Å². The van der Waals surface area contributed by atoms with Crippen molar-refractivity contribution in [1.82, 2.24) is 0 Å². The normalized spacial score (nSPS) is 16.9.